The Balaban J connectivity index is 2.81. The molecule has 0 aliphatic carbocycles. The normalized spacial score (nSPS) is 9.80. The highest BCUT2D eigenvalue weighted by Crippen LogP contribution is 1.89. The molecule has 2 nitrogen and oxygen atoms in total. The lowest BCUT2D eigenvalue weighted by Gasteiger charge is -1.94. The summed E-state index contributed by atoms with van der Waals surface area (Å²) in [7, 11) is 2.03. The van der Waals surface area contributed by atoms with Crippen LogP contribution in [0.15, 0.2) is 24.4 Å². The van der Waals surface area contributed by atoms with E-state index in [1.54, 1.807) is 0 Å². The van der Waals surface area contributed by atoms with Crippen molar-refractivity contribution in [2.45, 2.75) is 6.42 Å². The first-order chi connectivity index (χ1) is 4.84. The van der Waals surface area contributed by atoms with Gasteiger partial charge in [-0.2, -0.15) is 0 Å². The molecule has 0 atom stereocenters. The van der Waals surface area contributed by atoms with Crippen molar-refractivity contribution < 1.29 is 4.57 Å². The molecule has 0 aromatic carbocycles. The molecule has 10 heavy (non-hydrogen) atoms. The fourth-order valence-corrected chi connectivity index (χ4v) is 0.966. The summed E-state index contributed by atoms with van der Waals surface area (Å²) in [5.41, 5.74) is 6.70. The van der Waals surface area contributed by atoms with Crippen LogP contribution in [0, 0.1) is 0 Å². The zero-order valence-electron chi connectivity index (χ0n) is 6.25. The lowest BCUT2D eigenvalue weighted by molar-refractivity contribution is -0.679. The van der Waals surface area contributed by atoms with Crippen molar-refractivity contribution in [2.75, 3.05) is 6.54 Å². The molecule has 0 radical (unpaired) electrons. The summed E-state index contributed by atoms with van der Waals surface area (Å²) in [4.78, 5) is 0. The van der Waals surface area contributed by atoms with Crippen LogP contribution >= 0.6 is 0 Å². The number of pyridine rings is 1. The Morgan fingerprint density at radius 1 is 1.50 bits per heavy atom. The van der Waals surface area contributed by atoms with Crippen LogP contribution in [0.25, 0.3) is 0 Å². The van der Waals surface area contributed by atoms with Gasteiger partial charge < -0.3 is 5.73 Å². The predicted molar refractivity (Wildman–Crippen MR) is 40.4 cm³/mol. The Kier molecular flexibility index (Phi) is 2.40. The van der Waals surface area contributed by atoms with Gasteiger partial charge in [-0.25, -0.2) is 4.57 Å². The van der Waals surface area contributed by atoms with Crippen molar-refractivity contribution in [1.82, 2.24) is 0 Å². The van der Waals surface area contributed by atoms with Gasteiger partial charge in [0.15, 0.2) is 11.9 Å². The zero-order chi connectivity index (χ0) is 7.40. The summed E-state index contributed by atoms with van der Waals surface area (Å²) in [6, 6.07) is 6.14. The summed E-state index contributed by atoms with van der Waals surface area (Å²) < 4.78 is 2.09. The van der Waals surface area contributed by atoms with E-state index in [1.165, 1.54) is 5.69 Å². The van der Waals surface area contributed by atoms with Crippen LogP contribution < -0.4 is 10.3 Å². The third-order valence-electron chi connectivity index (χ3n) is 1.56. The molecule has 0 aliphatic heterocycles. The Labute approximate surface area is 61.3 Å². The van der Waals surface area contributed by atoms with Crippen molar-refractivity contribution in [3.63, 3.8) is 0 Å². The van der Waals surface area contributed by atoms with Crippen molar-refractivity contribution in [1.29, 1.82) is 0 Å². The number of aromatic nitrogens is 1. The highest BCUT2D eigenvalue weighted by molar-refractivity contribution is 4.97. The van der Waals surface area contributed by atoms with Crippen LogP contribution in [0.3, 0.4) is 0 Å². The second kappa shape index (κ2) is 3.32. The molecule has 0 bridgehead atoms. The molecule has 2 heteroatoms. The molecule has 1 aromatic rings. The Bertz CT molecular complexity index is 208. The van der Waals surface area contributed by atoms with Crippen LogP contribution in [0.5, 0.6) is 0 Å². The number of hydrogen-bond acceptors (Lipinski definition) is 1. The molecule has 1 aromatic heterocycles. The van der Waals surface area contributed by atoms with E-state index < -0.39 is 0 Å². The summed E-state index contributed by atoms with van der Waals surface area (Å²) in [6.07, 6.45) is 2.99. The van der Waals surface area contributed by atoms with E-state index in [4.69, 9.17) is 5.73 Å². The minimum absolute atomic E-state index is 0.720. The lowest BCUT2D eigenvalue weighted by atomic mass is 10.2. The molecule has 1 heterocycles. The molecule has 54 valence electrons. The minimum Gasteiger partial charge on any atom is -0.330 e. The van der Waals surface area contributed by atoms with E-state index in [9.17, 15) is 0 Å². The summed E-state index contributed by atoms with van der Waals surface area (Å²) >= 11 is 0. The quantitative estimate of drug-likeness (QED) is 0.572. The molecule has 0 fully saturated rings. The first-order valence-electron chi connectivity index (χ1n) is 3.48. The van der Waals surface area contributed by atoms with Gasteiger partial charge in [-0.05, 0) is 0 Å². The van der Waals surface area contributed by atoms with E-state index in [-0.39, 0.29) is 0 Å². The molecular formula is C8H13N2+. The SMILES string of the molecule is C[n+]1ccccc1CCN. The third kappa shape index (κ3) is 1.54. The Morgan fingerprint density at radius 3 is 2.90 bits per heavy atom. The summed E-state index contributed by atoms with van der Waals surface area (Å²) in [5, 5.41) is 0. The van der Waals surface area contributed by atoms with Gasteiger partial charge in [-0.1, -0.05) is 6.07 Å². The van der Waals surface area contributed by atoms with E-state index >= 15 is 0 Å². The van der Waals surface area contributed by atoms with Gasteiger partial charge in [-0.3, -0.25) is 0 Å². The van der Waals surface area contributed by atoms with Gasteiger partial charge >= 0.3 is 0 Å². The Hall–Kier alpha value is -0.890. The van der Waals surface area contributed by atoms with Gasteiger partial charge in [0.1, 0.15) is 7.05 Å². The number of aryl methyl sites for hydroxylation is 1. The molecule has 0 amide bonds. The largest absolute Gasteiger partial charge is 0.330 e. The van der Waals surface area contributed by atoms with E-state index in [0.29, 0.717) is 0 Å². The zero-order valence-corrected chi connectivity index (χ0v) is 6.25. The van der Waals surface area contributed by atoms with Crippen molar-refractivity contribution in [3.8, 4) is 0 Å². The lowest BCUT2D eigenvalue weighted by Crippen LogP contribution is -2.33. The number of hydrogen-bond donors (Lipinski definition) is 1. The number of rotatable bonds is 2. The molecule has 0 saturated carbocycles. The predicted octanol–water partition coefficient (Wildman–Crippen LogP) is 0.0123. The molecule has 1 rings (SSSR count). The maximum atomic E-state index is 5.42. The van der Waals surface area contributed by atoms with Gasteiger partial charge in [0.2, 0.25) is 0 Å². The second-order valence-corrected chi connectivity index (χ2v) is 2.34. The fourth-order valence-electron chi connectivity index (χ4n) is 0.966. The minimum atomic E-state index is 0.720. The van der Waals surface area contributed by atoms with Crippen molar-refractivity contribution >= 4 is 0 Å². The first kappa shape index (κ1) is 7.22. The van der Waals surface area contributed by atoms with Gasteiger partial charge in [0.05, 0.1) is 0 Å². The van der Waals surface area contributed by atoms with Crippen LogP contribution in [0.1, 0.15) is 5.69 Å². The van der Waals surface area contributed by atoms with E-state index in [1.807, 2.05) is 25.4 Å². The number of nitrogens with zero attached hydrogens (tertiary/aromatic N) is 1. The summed E-state index contributed by atoms with van der Waals surface area (Å²) in [6.45, 7) is 0.720. The molecule has 0 unspecified atom stereocenters. The standard InChI is InChI=1S/C8H13N2/c1-10-7-3-2-4-8(10)5-6-9/h2-4,7H,5-6,9H2,1H3/q+1. The first-order valence-corrected chi connectivity index (χ1v) is 3.48. The monoisotopic (exact) mass is 137 g/mol. The van der Waals surface area contributed by atoms with Crippen LogP contribution in [-0.2, 0) is 13.5 Å². The maximum Gasteiger partial charge on any atom is 0.182 e. The van der Waals surface area contributed by atoms with E-state index in [2.05, 4.69) is 10.6 Å². The number of nitrogens with two attached hydrogens (primary N) is 1. The Morgan fingerprint density at radius 2 is 2.30 bits per heavy atom. The van der Waals surface area contributed by atoms with Crippen molar-refractivity contribution in [2.24, 2.45) is 12.8 Å². The van der Waals surface area contributed by atoms with Gasteiger partial charge in [-0.15, -0.1) is 0 Å². The summed E-state index contributed by atoms with van der Waals surface area (Å²) in [5.74, 6) is 0. The van der Waals surface area contributed by atoms with Crippen LogP contribution in [0.2, 0.25) is 0 Å². The van der Waals surface area contributed by atoms with Crippen molar-refractivity contribution in [3.05, 3.63) is 30.1 Å². The molecule has 0 aliphatic rings. The average molecular weight is 137 g/mol. The van der Waals surface area contributed by atoms with Crippen LogP contribution in [0.4, 0.5) is 0 Å². The van der Waals surface area contributed by atoms with Crippen LogP contribution in [-0.4, -0.2) is 6.54 Å². The van der Waals surface area contributed by atoms with Gasteiger partial charge in [0, 0.05) is 25.1 Å². The molecule has 2 N–H and O–H groups in total. The second-order valence-electron chi connectivity index (χ2n) is 2.34. The third-order valence-corrected chi connectivity index (χ3v) is 1.56. The van der Waals surface area contributed by atoms with Gasteiger partial charge in [0.25, 0.3) is 0 Å². The molecular weight excluding hydrogens is 124 g/mol. The smallest absolute Gasteiger partial charge is 0.182 e. The molecule has 0 saturated heterocycles. The van der Waals surface area contributed by atoms with E-state index in [0.717, 1.165) is 13.0 Å². The maximum absolute atomic E-state index is 5.42. The highest BCUT2D eigenvalue weighted by Gasteiger charge is 2.00. The topological polar surface area (TPSA) is 29.9 Å². The highest BCUT2D eigenvalue weighted by atomic mass is 14.9. The molecule has 0 spiro atoms. The average Bonchev–Trinajstić information content (AvgIpc) is 1.94. The fraction of sp³-hybridized carbons (Fsp3) is 0.375.